The lowest BCUT2D eigenvalue weighted by Crippen LogP contribution is -2.32. The number of nitrogens with one attached hydrogen (secondary N) is 1. The van der Waals surface area contributed by atoms with Crippen LogP contribution in [0.5, 0.6) is 5.75 Å². The number of rotatable bonds is 5. The number of aromatic nitrogens is 2. The summed E-state index contributed by atoms with van der Waals surface area (Å²) < 4.78 is 7.04. The summed E-state index contributed by atoms with van der Waals surface area (Å²) in [5, 5.41) is 7.50. The third kappa shape index (κ3) is 2.14. The third-order valence-electron chi connectivity index (χ3n) is 3.59. The van der Waals surface area contributed by atoms with E-state index in [1.807, 2.05) is 6.92 Å². The number of ketones is 1. The van der Waals surface area contributed by atoms with Crippen LogP contribution >= 0.6 is 0 Å². The van der Waals surface area contributed by atoms with E-state index in [1.54, 1.807) is 18.0 Å². The zero-order valence-electron chi connectivity index (χ0n) is 11.3. The predicted octanol–water partition coefficient (Wildman–Crippen LogP) is 1.48. The summed E-state index contributed by atoms with van der Waals surface area (Å²) in [4.78, 5) is 12.7. The first-order chi connectivity index (χ1) is 8.62. The summed E-state index contributed by atoms with van der Waals surface area (Å²) in [6, 6.07) is 0. The Labute approximate surface area is 108 Å². The van der Waals surface area contributed by atoms with Gasteiger partial charge in [0.25, 0.3) is 0 Å². The average Bonchev–Trinajstić information content (AvgIpc) is 2.96. The number of aryl methyl sites for hydroxylation is 1. The molecule has 5 heteroatoms. The maximum absolute atomic E-state index is 12.7. The van der Waals surface area contributed by atoms with Crippen LogP contribution in [0.3, 0.4) is 0 Å². The molecule has 5 nitrogen and oxygen atoms in total. The molecule has 1 atom stereocenters. The van der Waals surface area contributed by atoms with Crippen LogP contribution in [-0.2, 0) is 6.54 Å². The molecule has 2 heterocycles. The predicted molar refractivity (Wildman–Crippen MR) is 69.0 cm³/mol. The summed E-state index contributed by atoms with van der Waals surface area (Å²) in [6.45, 7) is 6.45. The first-order valence-electron chi connectivity index (χ1n) is 6.47. The van der Waals surface area contributed by atoms with E-state index < -0.39 is 0 Å². The van der Waals surface area contributed by atoms with Gasteiger partial charge in [-0.2, -0.15) is 5.10 Å². The van der Waals surface area contributed by atoms with E-state index in [2.05, 4.69) is 17.3 Å². The van der Waals surface area contributed by atoms with Gasteiger partial charge in [-0.05, 0) is 19.4 Å². The Morgan fingerprint density at radius 3 is 3.00 bits per heavy atom. The smallest absolute Gasteiger partial charge is 0.191 e. The molecule has 18 heavy (non-hydrogen) atoms. The first kappa shape index (κ1) is 13.1. The molecule has 0 aliphatic carbocycles. The van der Waals surface area contributed by atoms with Crippen molar-refractivity contribution in [2.75, 3.05) is 20.2 Å². The minimum Gasteiger partial charge on any atom is -0.493 e. The molecule has 0 radical (unpaired) electrons. The largest absolute Gasteiger partial charge is 0.493 e. The molecule has 0 amide bonds. The Balaban J connectivity index is 2.36. The van der Waals surface area contributed by atoms with E-state index >= 15 is 0 Å². The number of hydrogen-bond donors (Lipinski definition) is 1. The lowest BCUT2D eigenvalue weighted by atomic mass is 9.83. The van der Waals surface area contributed by atoms with Gasteiger partial charge in [0.15, 0.2) is 11.5 Å². The van der Waals surface area contributed by atoms with Crippen molar-refractivity contribution in [1.82, 2.24) is 15.1 Å². The molecule has 1 aromatic heterocycles. The maximum Gasteiger partial charge on any atom is 0.191 e. The van der Waals surface area contributed by atoms with Crippen LogP contribution < -0.4 is 10.1 Å². The number of Topliss-reactive ketones (excluding diaryl/α,β-unsaturated/α-hetero) is 1. The number of ether oxygens (including phenoxy) is 1. The van der Waals surface area contributed by atoms with Gasteiger partial charge < -0.3 is 10.1 Å². The highest BCUT2D eigenvalue weighted by atomic mass is 16.5. The van der Waals surface area contributed by atoms with Crippen molar-refractivity contribution in [3.05, 3.63) is 11.9 Å². The number of nitrogens with zero attached hydrogens (tertiary/aromatic N) is 2. The molecule has 0 bridgehead atoms. The lowest BCUT2D eigenvalue weighted by molar-refractivity contribution is 0.0824. The fourth-order valence-corrected chi connectivity index (χ4v) is 2.42. The van der Waals surface area contributed by atoms with Crippen molar-refractivity contribution in [3.8, 4) is 5.75 Å². The van der Waals surface area contributed by atoms with Crippen LogP contribution in [0.2, 0.25) is 0 Å². The molecule has 2 rings (SSSR count). The van der Waals surface area contributed by atoms with E-state index in [1.165, 1.54) is 0 Å². The molecule has 100 valence electrons. The highest BCUT2D eigenvalue weighted by Gasteiger charge is 2.39. The van der Waals surface area contributed by atoms with Gasteiger partial charge >= 0.3 is 0 Å². The van der Waals surface area contributed by atoms with E-state index in [-0.39, 0.29) is 11.2 Å². The van der Waals surface area contributed by atoms with Gasteiger partial charge in [0, 0.05) is 18.5 Å². The highest BCUT2D eigenvalue weighted by Crippen LogP contribution is 2.32. The van der Waals surface area contributed by atoms with E-state index in [9.17, 15) is 4.79 Å². The van der Waals surface area contributed by atoms with Crippen molar-refractivity contribution < 1.29 is 9.53 Å². The zero-order chi connectivity index (χ0) is 13.2. The standard InChI is InChI=1S/C13H21N3O2/c1-4-7-16-11(10(18-3)8-15-16)12(17)13(2)5-6-14-9-13/h8,14H,4-7,9H2,1-3H3. The topological polar surface area (TPSA) is 56.2 Å². The molecule has 1 fully saturated rings. The van der Waals surface area contributed by atoms with Crippen molar-refractivity contribution in [1.29, 1.82) is 0 Å². The monoisotopic (exact) mass is 251 g/mol. The van der Waals surface area contributed by atoms with E-state index in [0.29, 0.717) is 11.4 Å². The molecule has 1 saturated heterocycles. The van der Waals surface area contributed by atoms with Crippen LogP contribution in [0.25, 0.3) is 0 Å². The Morgan fingerprint density at radius 1 is 1.67 bits per heavy atom. The molecular formula is C13H21N3O2. The van der Waals surface area contributed by atoms with Crippen LogP contribution in [0.4, 0.5) is 0 Å². The first-order valence-corrected chi connectivity index (χ1v) is 6.47. The quantitative estimate of drug-likeness (QED) is 0.805. The second-order valence-corrected chi connectivity index (χ2v) is 5.10. The highest BCUT2D eigenvalue weighted by molar-refractivity contribution is 6.01. The minimum absolute atomic E-state index is 0.135. The molecule has 0 aromatic carbocycles. The van der Waals surface area contributed by atoms with Gasteiger partial charge in [-0.1, -0.05) is 13.8 Å². The average molecular weight is 251 g/mol. The number of carbonyl (C=O) groups is 1. The van der Waals surface area contributed by atoms with E-state index in [4.69, 9.17) is 4.74 Å². The molecule has 0 saturated carbocycles. The molecular weight excluding hydrogens is 230 g/mol. The summed E-state index contributed by atoms with van der Waals surface area (Å²) in [7, 11) is 1.58. The summed E-state index contributed by atoms with van der Waals surface area (Å²) in [5.74, 6) is 0.719. The third-order valence-corrected chi connectivity index (χ3v) is 3.59. The molecule has 1 unspecified atom stereocenters. The Hall–Kier alpha value is -1.36. The van der Waals surface area contributed by atoms with Gasteiger partial charge in [0.2, 0.25) is 0 Å². The normalized spacial score (nSPS) is 23.3. The Morgan fingerprint density at radius 2 is 2.44 bits per heavy atom. The van der Waals surface area contributed by atoms with Crippen LogP contribution in [-0.4, -0.2) is 35.8 Å². The Bertz CT molecular complexity index is 433. The molecule has 1 aliphatic rings. The van der Waals surface area contributed by atoms with Crippen molar-refractivity contribution >= 4 is 5.78 Å². The van der Waals surface area contributed by atoms with Gasteiger partial charge in [-0.15, -0.1) is 0 Å². The maximum atomic E-state index is 12.7. The van der Waals surface area contributed by atoms with Crippen molar-refractivity contribution in [2.24, 2.45) is 5.41 Å². The SMILES string of the molecule is CCCn1ncc(OC)c1C(=O)C1(C)CCNC1. The van der Waals surface area contributed by atoms with Gasteiger partial charge in [-0.3, -0.25) is 9.48 Å². The van der Waals surface area contributed by atoms with Crippen LogP contribution in [0, 0.1) is 5.41 Å². The minimum atomic E-state index is -0.335. The van der Waals surface area contributed by atoms with Crippen molar-refractivity contribution in [3.63, 3.8) is 0 Å². The van der Waals surface area contributed by atoms with Crippen molar-refractivity contribution in [2.45, 2.75) is 33.2 Å². The van der Waals surface area contributed by atoms with Gasteiger partial charge in [0.05, 0.1) is 13.3 Å². The Kier molecular flexibility index (Phi) is 3.71. The fourth-order valence-electron chi connectivity index (χ4n) is 2.42. The molecule has 1 aliphatic heterocycles. The summed E-state index contributed by atoms with van der Waals surface area (Å²) in [6.07, 6.45) is 3.45. The second-order valence-electron chi connectivity index (χ2n) is 5.10. The fraction of sp³-hybridized carbons (Fsp3) is 0.692. The summed E-state index contributed by atoms with van der Waals surface area (Å²) >= 11 is 0. The van der Waals surface area contributed by atoms with E-state index in [0.717, 1.165) is 32.5 Å². The zero-order valence-corrected chi connectivity index (χ0v) is 11.3. The molecule has 1 N–H and O–H groups in total. The summed E-state index contributed by atoms with van der Waals surface area (Å²) in [5.41, 5.74) is 0.282. The number of carbonyl (C=O) groups excluding carboxylic acids is 1. The van der Waals surface area contributed by atoms with Gasteiger partial charge in [0.1, 0.15) is 5.69 Å². The molecule has 1 aromatic rings. The number of methoxy groups -OCH3 is 1. The second kappa shape index (κ2) is 5.10. The lowest BCUT2D eigenvalue weighted by Gasteiger charge is -2.21. The van der Waals surface area contributed by atoms with Gasteiger partial charge in [-0.25, -0.2) is 0 Å². The van der Waals surface area contributed by atoms with Crippen LogP contribution in [0.15, 0.2) is 6.20 Å². The van der Waals surface area contributed by atoms with Crippen LogP contribution in [0.1, 0.15) is 37.2 Å². The number of hydrogen-bond acceptors (Lipinski definition) is 4. The molecule has 0 spiro atoms.